The summed E-state index contributed by atoms with van der Waals surface area (Å²) in [5.41, 5.74) is 1.11. The lowest BCUT2D eigenvalue weighted by atomic mass is 10.2. The minimum Gasteiger partial charge on any atom is -0.493 e. The number of rotatable bonds is 7. The summed E-state index contributed by atoms with van der Waals surface area (Å²) in [7, 11) is 3.26. The standard InChI is InChI=1S/C13H17BrN4O2/c1-19-12-7-10(11(14)8-13(12)20-2)9-15-3-5-18-6-4-16-17-18/h4,6-8,15H,3,5,9H2,1-2H3. The van der Waals surface area contributed by atoms with Crippen molar-refractivity contribution >= 4 is 15.9 Å². The van der Waals surface area contributed by atoms with Gasteiger partial charge in [-0.05, 0) is 17.7 Å². The molecular weight excluding hydrogens is 324 g/mol. The first kappa shape index (κ1) is 14.8. The molecule has 1 aromatic heterocycles. The van der Waals surface area contributed by atoms with Crippen LogP contribution in [0.15, 0.2) is 29.0 Å². The number of halogens is 1. The smallest absolute Gasteiger partial charge is 0.161 e. The summed E-state index contributed by atoms with van der Waals surface area (Å²) in [4.78, 5) is 0. The molecule has 0 radical (unpaired) electrons. The molecule has 0 atom stereocenters. The van der Waals surface area contributed by atoms with Gasteiger partial charge in [0.2, 0.25) is 0 Å². The van der Waals surface area contributed by atoms with Gasteiger partial charge in [-0.15, -0.1) is 5.10 Å². The van der Waals surface area contributed by atoms with Gasteiger partial charge >= 0.3 is 0 Å². The van der Waals surface area contributed by atoms with Crippen molar-refractivity contribution in [3.63, 3.8) is 0 Å². The second kappa shape index (κ2) is 7.25. The van der Waals surface area contributed by atoms with Crippen LogP contribution in [-0.2, 0) is 13.1 Å². The maximum atomic E-state index is 5.30. The highest BCUT2D eigenvalue weighted by molar-refractivity contribution is 9.10. The fraction of sp³-hybridized carbons (Fsp3) is 0.385. The molecule has 108 valence electrons. The van der Waals surface area contributed by atoms with Gasteiger partial charge in [-0.3, -0.25) is 4.68 Å². The lowest BCUT2D eigenvalue weighted by molar-refractivity contribution is 0.354. The summed E-state index contributed by atoms with van der Waals surface area (Å²) in [5.74, 6) is 1.44. The Bertz CT molecular complexity index is 546. The highest BCUT2D eigenvalue weighted by atomic mass is 79.9. The van der Waals surface area contributed by atoms with E-state index in [0.29, 0.717) is 5.75 Å². The minimum absolute atomic E-state index is 0.714. The Morgan fingerprint density at radius 3 is 2.65 bits per heavy atom. The molecule has 2 aromatic rings. The van der Waals surface area contributed by atoms with Crippen LogP contribution in [0.3, 0.4) is 0 Å². The van der Waals surface area contributed by atoms with E-state index in [0.717, 1.165) is 35.4 Å². The van der Waals surface area contributed by atoms with Crippen LogP contribution in [0.4, 0.5) is 0 Å². The molecule has 1 aromatic carbocycles. The Balaban J connectivity index is 1.92. The molecule has 0 aliphatic carbocycles. The van der Waals surface area contributed by atoms with E-state index >= 15 is 0 Å². The van der Waals surface area contributed by atoms with Gasteiger partial charge in [-0.2, -0.15) is 0 Å². The summed E-state index contributed by atoms with van der Waals surface area (Å²) < 4.78 is 13.3. The topological polar surface area (TPSA) is 61.2 Å². The number of methoxy groups -OCH3 is 2. The molecule has 0 saturated carbocycles. The molecular formula is C13H17BrN4O2. The molecule has 0 saturated heterocycles. The minimum atomic E-state index is 0.714. The lowest BCUT2D eigenvalue weighted by Gasteiger charge is -2.12. The van der Waals surface area contributed by atoms with Gasteiger partial charge in [0.1, 0.15) is 0 Å². The summed E-state index contributed by atoms with van der Waals surface area (Å²) in [6.07, 6.45) is 3.51. The number of hydrogen-bond donors (Lipinski definition) is 1. The van der Waals surface area contributed by atoms with Crippen molar-refractivity contribution in [3.05, 3.63) is 34.6 Å². The molecule has 0 bridgehead atoms. The van der Waals surface area contributed by atoms with Crippen LogP contribution in [0.1, 0.15) is 5.56 Å². The van der Waals surface area contributed by atoms with Crippen LogP contribution in [0.2, 0.25) is 0 Å². The van der Waals surface area contributed by atoms with Crippen molar-refractivity contribution < 1.29 is 9.47 Å². The third-order valence-corrected chi connectivity index (χ3v) is 3.60. The number of hydrogen-bond acceptors (Lipinski definition) is 5. The first-order valence-corrected chi connectivity index (χ1v) is 6.99. The molecule has 0 aliphatic heterocycles. The summed E-state index contributed by atoms with van der Waals surface area (Å²) in [6.45, 7) is 2.32. The molecule has 1 N–H and O–H groups in total. The number of nitrogens with zero attached hydrogens (tertiary/aromatic N) is 3. The highest BCUT2D eigenvalue weighted by Crippen LogP contribution is 2.33. The van der Waals surface area contributed by atoms with Gasteiger partial charge in [0.25, 0.3) is 0 Å². The van der Waals surface area contributed by atoms with Crippen molar-refractivity contribution in [2.75, 3.05) is 20.8 Å². The molecule has 7 heteroatoms. The van der Waals surface area contributed by atoms with Crippen LogP contribution in [0.5, 0.6) is 11.5 Å². The SMILES string of the molecule is COc1cc(Br)c(CNCCn2ccnn2)cc1OC. The highest BCUT2D eigenvalue weighted by Gasteiger charge is 2.09. The van der Waals surface area contributed by atoms with Crippen molar-refractivity contribution in [1.82, 2.24) is 20.3 Å². The predicted octanol–water partition coefficient (Wildman–Crippen LogP) is 1.85. The summed E-state index contributed by atoms with van der Waals surface area (Å²) >= 11 is 3.54. The third kappa shape index (κ3) is 3.71. The normalized spacial score (nSPS) is 10.6. The number of aromatic nitrogens is 3. The lowest BCUT2D eigenvalue weighted by Crippen LogP contribution is -2.20. The number of ether oxygens (including phenoxy) is 2. The van der Waals surface area contributed by atoms with Crippen LogP contribution >= 0.6 is 15.9 Å². The second-order valence-electron chi connectivity index (χ2n) is 4.14. The van der Waals surface area contributed by atoms with Gasteiger partial charge in [-0.25, -0.2) is 0 Å². The molecule has 0 aliphatic rings. The van der Waals surface area contributed by atoms with E-state index in [1.807, 2.05) is 18.3 Å². The van der Waals surface area contributed by atoms with Crippen molar-refractivity contribution in [1.29, 1.82) is 0 Å². The van der Waals surface area contributed by atoms with Gasteiger partial charge in [0, 0.05) is 23.8 Å². The molecule has 0 unspecified atom stereocenters. The quantitative estimate of drug-likeness (QED) is 0.779. The maximum Gasteiger partial charge on any atom is 0.161 e. The first-order valence-electron chi connectivity index (χ1n) is 6.20. The van der Waals surface area contributed by atoms with E-state index in [9.17, 15) is 0 Å². The fourth-order valence-corrected chi connectivity index (χ4v) is 2.26. The van der Waals surface area contributed by atoms with Gasteiger partial charge in [0.05, 0.1) is 27.0 Å². The summed E-state index contributed by atoms with van der Waals surface area (Å²) in [5, 5.41) is 11.0. The summed E-state index contributed by atoms with van der Waals surface area (Å²) in [6, 6.07) is 3.87. The molecule has 6 nitrogen and oxygen atoms in total. The first-order chi connectivity index (χ1) is 9.74. The molecule has 1 heterocycles. The zero-order chi connectivity index (χ0) is 14.4. The number of benzene rings is 1. The van der Waals surface area contributed by atoms with E-state index < -0.39 is 0 Å². The van der Waals surface area contributed by atoms with E-state index in [4.69, 9.17) is 9.47 Å². The van der Waals surface area contributed by atoms with Gasteiger partial charge < -0.3 is 14.8 Å². The Labute approximate surface area is 126 Å². The Kier molecular flexibility index (Phi) is 5.37. The van der Waals surface area contributed by atoms with Crippen molar-refractivity contribution in [3.8, 4) is 11.5 Å². The van der Waals surface area contributed by atoms with Gasteiger partial charge in [-0.1, -0.05) is 21.1 Å². The van der Waals surface area contributed by atoms with Crippen LogP contribution in [0.25, 0.3) is 0 Å². The molecule has 0 amide bonds. The van der Waals surface area contributed by atoms with E-state index in [1.165, 1.54) is 0 Å². The fourth-order valence-electron chi connectivity index (χ4n) is 1.80. The third-order valence-electron chi connectivity index (χ3n) is 2.86. The van der Waals surface area contributed by atoms with Gasteiger partial charge in [0.15, 0.2) is 11.5 Å². The van der Waals surface area contributed by atoms with Crippen LogP contribution in [-0.4, -0.2) is 35.8 Å². The maximum absolute atomic E-state index is 5.30. The van der Waals surface area contributed by atoms with Crippen molar-refractivity contribution in [2.45, 2.75) is 13.1 Å². The van der Waals surface area contributed by atoms with Crippen LogP contribution < -0.4 is 14.8 Å². The average Bonchev–Trinajstić information content (AvgIpc) is 2.97. The van der Waals surface area contributed by atoms with Crippen LogP contribution in [0, 0.1) is 0 Å². The van der Waals surface area contributed by atoms with E-state index in [-0.39, 0.29) is 0 Å². The van der Waals surface area contributed by atoms with E-state index in [2.05, 4.69) is 31.6 Å². The Morgan fingerprint density at radius 1 is 1.25 bits per heavy atom. The Hall–Kier alpha value is -1.60. The molecule has 0 fully saturated rings. The van der Waals surface area contributed by atoms with E-state index in [1.54, 1.807) is 25.1 Å². The predicted molar refractivity (Wildman–Crippen MR) is 79.0 cm³/mol. The average molecular weight is 341 g/mol. The largest absolute Gasteiger partial charge is 0.493 e. The van der Waals surface area contributed by atoms with Crippen molar-refractivity contribution in [2.24, 2.45) is 0 Å². The Morgan fingerprint density at radius 2 is 2.00 bits per heavy atom. The molecule has 0 spiro atoms. The molecule has 2 rings (SSSR count). The monoisotopic (exact) mass is 340 g/mol. The zero-order valence-electron chi connectivity index (χ0n) is 11.5. The molecule has 20 heavy (non-hydrogen) atoms. The second-order valence-corrected chi connectivity index (χ2v) is 5.00. The zero-order valence-corrected chi connectivity index (χ0v) is 13.1. The number of nitrogens with one attached hydrogen (secondary N) is 1.